The van der Waals surface area contributed by atoms with Gasteiger partial charge in [-0.05, 0) is 30.2 Å². The molecular formula is C17H14N4O3. The van der Waals surface area contributed by atoms with Crippen molar-refractivity contribution in [1.82, 2.24) is 0 Å². The Bertz CT molecular complexity index is 857. The Balaban J connectivity index is 1.70. The zero-order chi connectivity index (χ0) is 17.1. The predicted octanol–water partition coefficient (Wildman–Crippen LogP) is 3.00. The molecular weight excluding hydrogens is 308 g/mol. The van der Waals surface area contributed by atoms with Crippen molar-refractivity contribution in [3.05, 3.63) is 63.7 Å². The largest absolute Gasteiger partial charge is 0.379 e. The van der Waals surface area contributed by atoms with Gasteiger partial charge in [0.2, 0.25) is 5.91 Å². The maximum atomic E-state index is 12.0. The van der Waals surface area contributed by atoms with Crippen molar-refractivity contribution >= 4 is 23.0 Å². The summed E-state index contributed by atoms with van der Waals surface area (Å²) >= 11 is 0. The Hall–Kier alpha value is -3.40. The van der Waals surface area contributed by atoms with Crippen LogP contribution in [0.25, 0.3) is 0 Å². The van der Waals surface area contributed by atoms with E-state index in [1.165, 1.54) is 18.2 Å². The van der Waals surface area contributed by atoms with Gasteiger partial charge in [-0.2, -0.15) is 5.26 Å². The van der Waals surface area contributed by atoms with Gasteiger partial charge in [-0.1, -0.05) is 18.2 Å². The Labute approximate surface area is 138 Å². The fourth-order valence-corrected chi connectivity index (χ4v) is 2.82. The summed E-state index contributed by atoms with van der Waals surface area (Å²) in [6, 6.07) is 13.7. The monoisotopic (exact) mass is 322 g/mol. The van der Waals surface area contributed by atoms with Gasteiger partial charge in [0.05, 0.1) is 22.5 Å². The van der Waals surface area contributed by atoms with Crippen LogP contribution >= 0.6 is 0 Å². The molecule has 24 heavy (non-hydrogen) atoms. The van der Waals surface area contributed by atoms with E-state index in [0.717, 1.165) is 11.3 Å². The first-order valence-corrected chi connectivity index (χ1v) is 7.42. The van der Waals surface area contributed by atoms with Gasteiger partial charge in [0.1, 0.15) is 5.69 Å². The first-order valence-electron chi connectivity index (χ1n) is 7.42. The van der Waals surface area contributed by atoms with Crippen molar-refractivity contribution in [2.24, 2.45) is 0 Å². The third-order valence-electron chi connectivity index (χ3n) is 3.98. The number of nitro benzene ring substituents is 1. The maximum Gasteiger partial charge on any atom is 0.293 e. The van der Waals surface area contributed by atoms with Crippen molar-refractivity contribution < 1.29 is 9.72 Å². The van der Waals surface area contributed by atoms with Gasteiger partial charge in [0.15, 0.2) is 0 Å². The van der Waals surface area contributed by atoms with E-state index in [2.05, 4.69) is 10.6 Å². The molecule has 0 spiro atoms. The number of rotatable bonds is 5. The van der Waals surface area contributed by atoms with Gasteiger partial charge >= 0.3 is 0 Å². The number of carbonyl (C=O) groups is 1. The first kappa shape index (κ1) is 15.5. The van der Waals surface area contributed by atoms with E-state index in [1.54, 1.807) is 0 Å². The quantitative estimate of drug-likeness (QED) is 0.650. The third kappa shape index (κ3) is 2.90. The Kier molecular flexibility index (Phi) is 4.12. The number of fused-ring (bicyclic) bond motifs is 1. The molecule has 7 nitrogen and oxygen atoms in total. The molecule has 1 atom stereocenters. The van der Waals surface area contributed by atoms with Crippen LogP contribution in [-0.4, -0.2) is 17.4 Å². The van der Waals surface area contributed by atoms with Crippen molar-refractivity contribution in [3.8, 4) is 6.07 Å². The Morgan fingerprint density at radius 2 is 2.08 bits per heavy atom. The number of nitro groups is 1. The number of carbonyl (C=O) groups excluding carboxylic acids is 1. The summed E-state index contributed by atoms with van der Waals surface area (Å²) < 4.78 is 0. The van der Waals surface area contributed by atoms with Gasteiger partial charge in [0.25, 0.3) is 5.69 Å². The zero-order valence-electron chi connectivity index (χ0n) is 12.7. The van der Waals surface area contributed by atoms with Crippen LogP contribution in [0, 0.1) is 21.4 Å². The number of anilines is 2. The predicted molar refractivity (Wildman–Crippen MR) is 88.7 cm³/mol. The second kappa shape index (κ2) is 6.38. The average Bonchev–Trinajstić information content (AvgIpc) is 2.90. The summed E-state index contributed by atoms with van der Waals surface area (Å²) in [6.07, 6.45) is 0.514. The number of hydrogen-bond acceptors (Lipinski definition) is 5. The van der Waals surface area contributed by atoms with E-state index in [4.69, 9.17) is 5.26 Å². The number of nitrogens with zero attached hydrogens (tertiary/aromatic N) is 2. The Morgan fingerprint density at radius 3 is 2.83 bits per heavy atom. The minimum atomic E-state index is -0.527. The van der Waals surface area contributed by atoms with E-state index < -0.39 is 4.92 Å². The van der Waals surface area contributed by atoms with Crippen LogP contribution in [0.2, 0.25) is 0 Å². The van der Waals surface area contributed by atoms with Gasteiger partial charge < -0.3 is 10.6 Å². The van der Waals surface area contributed by atoms with Crippen LogP contribution in [0.3, 0.4) is 0 Å². The molecule has 1 heterocycles. The van der Waals surface area contributed by atoms with Crippen LogP contribution in [0.5, 0.6) is 0 Å². The van der Waals surface area contributed by atoms with Gasteiger partial charge in [0, 0.05) is 18.3 Å². The molecule has 0 aromatic heterocycles. The summed E-state index contributed by atoms with van der Waals surface area (Å²) in [7, 11) is 0. The molecule has 0 radical (unpaired) electrons. The third-order valence-corrected chi connectivity index (χ3v) is 3.98. The molecule has 0 saturated heterocycles. The van der Waals surface area contributed by atoms with Crippen LogP contribution in [-0.2, 0) is 4.79 Å². The molecule has 2 N–H and O–H groups in total. The van der Waals surface area contributed by atoms with E-state index in [9.17, 15) is 14.9 Å². The molecule has 2 aromatic rings. The highest BCUT2D eigenvalue weighted by Crippen LogP contribution is 2.34. The summed E-state index contributed by atoms with van der Waals surface area (Å²) in [4.78, 5) is 22.6. The van der Waals surface area contributed by atoms with Crippen LogP contribution in [0.15, 0.2) is 42.5 Å². The molecule has 0 unspecified atom stereocenters. The minimum absolute atomic E-state index is 0.0627. The number of nitriles is 1. The molecule has 2 aromatic carbocycles. The maximum absolute atomic E-state index is 12.0. The summed E-state index contributed by atoms with van der Waals surface area (Å²) in [5.74, 6) is -0.335. The number of hydrogen-bond donors (Lipinski definition) is 2. The van der Waals surface area contributed by atoms with E-state index >= 15 is 0 Å². The topological polar surface area (TPSA) is 108 Å². The lowest BCUT2D eigenvalue weighted by Gasteiger charge is -2.11. The fraction of sp³-hybridized carbons (Fsp3) is 0.176. The number of benzene rings is 2. The lowest BCUT2D eigenvalue weighted by atomic mass is 9.97. The molecule has 1 amide bonds. The summed E-state index contributed by atoms with van der Waals surface area (Å²) in [6.45, 7) is 0.402. The lowest BCUT2D eigenvalue weighted by molar-refractivity contribution is -0.384. The molecule has 0 bridgehead atoms. The van der Waals surface area contributed by atoms with E-state index in [0.29, 0.717) is 18.7 Å². The number of para-hydroxylation sites is 1. The standard InChI is InChI=1S/C17H14N4O3/c18-10-11-5-6-15(16(9-11)21(23)24)19-8-7-13-12-3-1-2-4-14(12)20-17(13)22/h1-6,9,13,19H,7-8H2,(H,20,22)/t13-/m0/s1. The van der Waals surface area contributed by atoms with Crippen molar-refractivity contribution in [2.45, 2.75) is 12.3 Å². The van der Waals surface area contributed by atoms with Crippen LogP contribution < -0.4 is 10.6 Å². The van der Waals surface area contributed by atoms with E-state index in [-0.39, 0.29) is 23.1 Å². The van der Waals surface area contributed by atoms with Gasteiger partial charge in [-0.25, -0.2) is 0 Å². The van der Waals surface area contributed by atoms with Crippen molar-refractivity contribution in [1.29, 1.82) is 5.26 Å². The molecule has 1 aliphatic heterocycles. The summed E-state index contributed by atoms with van der Waals surface area (Å²) in [5, 5.41) is 25.8. The highest BCUT2D eigenvalue weighted by atomic mass is 16.6. The molecule has 1 aliphatic rings. The molecule has 0 saturated carbocycles. The fourth-order valence-electron chi connectivity index (χ4n) is 2.82. The highest BCUT2D eigenvalue weighted by molar-refractivity contribution is 6.02. The van der Waals surface area contributed by atoms with Crippen LogP contribution in [0.1, 0.15) is 23.5 Å². The minimum Gasteiger partial charge on any atom is -0.379 e. The smallest absolute Gasteiger partial charge is 0.293 e. The lowest BCUT2D eigenvalue weighted by Crippen LogP contribution is -2.16. The molecule has 0 aliphatic carbocycles. The van der Waals surface area contributed by atoms with Gasteiger partial charge in [-0.15, -0.1) is 0 Å². The van der Waals surface area contributed by atoms with Crippen molar-refractivity contribution in [3.63, 3.8) is 0 Å². The first-order chi connectivity index (χ1) is 11.6. The summed E-state index contributed by atoms with van der Waals surface area (Å²) in [5.41, 5.74) is 2.18. The second-order valence-electron chi connectivity index (χ2n) is 5.45. The van der Waals surface area contributed by atoms with Crippen molar-refractivity contribution in [2.75, 3.05) is 17.2 Å². The van der Waals surface area contributed by atoms with E-state index in [1.807, 2.05) is 30.3 Å². The molecule has 3 rings (SSSR count). The average molecular weight is 322 g/mol. The number of amides is 1. The second-order valence-corrected chi connectivity index (χ2v) is 5.45. The normalized spacial score (nSPS) is 15.3. The SMILES string of the molecule is N#Cc1ccc(NCC[C@@H]2C(=O)Nc3ccccc32)c([N+](=O)[O-])c1. The molecule has 0 fully saturated rings. The van der Waals surface area contributed by atoms with Crippen LogP contribution in [0.4, 0.5) is 17.1 Å². The highest BCUT2D eigenvalue weighted by Gasteiger charge is 2.29. The number of nitrogens with one attached hydrogen (secondary N) is 2. The molecule has 7 heteroatoms. The molecule has 120 valence electrons. The Morgan fingerprint density at radius 1 is 1.29 bits per heavy atom. The van der Waals surface area contributed by atoms with Gasteiger partial charge in [-0.3, -0.25) is 14.9 Å². The zero-order valence-corrected chi connectivity index (χ0v) is 12.7.